The van der Waals surface area contributed by atoms with Gasteiger partial charge in [0.25, 0.3) is 5.91 Å². The lowest BCUT2D eigenvalue weighted by atomic mass is 10.2. The molecular weight excluding hydrogens is 265 g/mol. The van der Waals surface area contributed by atoms with Crippen LogP contribution in [-0.2, 0) is 14.3 Å². The molecule has 0 unspecified atom stereocenters. The second-order valence-corrected chi connectivity index (χ2v) is 3.84. The van der Waals surface area contributed by atoms with E-state index in [0.717, 1.165) is 6.08 Å². The first kappa shape index (κ1) is 13.5. The van der Waals surface area contributed by atoms with Gasteiger partial charge in [-0.05, 0) is 17.7 Å². The lowest BCUT2D eigenvalue weighted by molar-refractivity contribution is -0.142. The minimum Gasteiger partial charge on any atom is -0.452 e. The zero-order valence-electron chi connectivity index (χ0n) is 8.65. The van der Waals surface area contributed by atoms with E-state index in [1.807, 2.05) is 0 Å². The lowest BCUT2D eigenvalue weighted by Crippen LogP contribution is -2.19. The largest absolute Gasteiger partial charge is 0.452 e. The molecule has 0 spiro atoms. The third kappa shape index (κ3) is 4.46. The molecule has 90 valence electrons. The molecule has 0 aliphatic carbocycles. The number of rotatable bonds is 4. The van der Waals surface area contributed by atoms with Crippen molar-refractivity contribution in [3.8, 4) is 0 Å². The fraction of sp³-hybridized carbons (Fsp3) is 0.0909. The van der Waals surface area contributed by atoms with Gasteiger partial charge >= 0.3 is 5.97 Å². The van der Waals surface area contributed by atoms with Crippen LogP contribution in [0.1, 0.15) is 5.56 Å². The van der Waals surface area contributed by atoms with Crippen LogP contribution in [0, 0.1) is 0 Å². The molecule has 17 heavy (non-hydrogen) atoms. The van der Waals surface area contributed by atoms with Crippen molar-refractivity contribution in [3.05, 3.63) is 39.9 Å². The molecule has 1 amide bonds. The Labute approximate surface area is 108 Å². The van der Waals surface area contributed by atoms with Crippen molar-refractivity contribution in [1.82, 2.24) is 0 Å². The Morgan fingerprint density at radius 3 is 2.71 bits per heavy atom. The van der Waals surface area contributed by atoms with Crippen molar-refractivity contribution in [3.63, 3.8) is 0 Å². The molecule has 1 aromatic carbocycles. The van der Waals surface area contributed by atoms with Crippen molar-refractivity contribution < 1.29 is 14.3 Å². The Morgan fingerprint density at radius 1 is 1.35 bits per heavy atom. The minimum absolute atomic E-state index is 0.341. The quantitative estimate of drug-likeness (QED) is 0.674. The van der Waals surface area contributed by atoms with Gasteiger partial charge in [-0.25, -0.2) is 4.79 Å². The van der Waals surface area contributed by atoms with Crippen molar-refractivity contribution in [2.75, 3.05) is 6.61 Å². The predicted octanol–water partition coefficient (Wildman–Crippen LogP) is 2.04. The van der Waals surface area contributed by atoms with Crippen LogP contribution in [0.5, 0.6) is 0 Å². The van der Waals surface area contributed by atoms with Crippen LogP contribution in [0.3, 0.4) is 0 Å². The van der Waals surface area contributed by atoms with Crippen LogP contribution < -0.4 is 5.73 Å². The normalized spacial score (nSPS) is 10.5. The van der Waals surface area contributed by atoms with E-state index in [0.29, 0.717) is 15.6 Å². The summed E-state index contributed by atoms with van der Waals surface area (Å²) in [5.41, 5.74) is 5.39. The van der Waals surface area contributed by atoms with Crippen LogP contribution in [-0.4, -0.2) is 18.5 Å². The number of amides is 1. The smallest absolute Gasteiger partial charge is 0.331 e. The van der Waals surface area contributed by atoms with Gasteiger partial charge in [-0.3, -0.25) is 4.79 Å². The summed E-state index contributed by atoms with van der Waals surface area (Å²) in [6.07, 6.45) is 2.58. The Bertz CT molecular complexity index is 472. The minimum atomic E-state index is -0.715. The Kier molecular flexibility index (Phi) is 5.00. The number of esters is 1. The van der Waals surface area contributed by atoms with Gasteiger partial charge < -0.3 is 10.5 Å². The van der Waals surface area contributed by atoms with Gasteiger partial charge in [0.15, 0.2) is 6.61 Å². The summed E-state index contributed by atoms with van der Waals surface area (Å²) >= 11 is 11.7. The summed E-state index contributed by atoms with van der Waals surface area (Å²) < 4.78 is 4.52. The summed E-state index contributed by atoms with van der Waals surface area (Å²) in [4.78, 5) is 21.5. The zero-order valence-corrected chi connectivity index (χ0v) is 10.2. The van der Waals surface area contributed by atoms with Gasteiger partial charge in [-0.1, -0.05) is 35.3 Å². The molecule has 4 nitrogen and oxygen atoms in total. The third-order valence-corrected chi connectivity index (χ3v) is 2.57. The maximum atomic E-state index is 11.1. The summed E-state index contributed by atoms with van der Waals surface area (Å²) in [6.45, 7) is -0.452. The summed E-state index contributed by atoms with van der Waals surface area (Å²) in [6, 6.07) is 5.02. The van der Waals surface area contributed by atoms with Crippen molar-refractivity contribution in [1.29, 1.82) is 0 Å². The average Bonchev–Trinajstić information content (AvgIpc) is 2.28. The fourth-order valence-electron chi connectivity index (χ4n) is 0.997. The fourth-order valence-corrected chi connectivity index (χ4v) is 1.37. The molecule has 0 saturated carbocycles. The van der Waals surface area contributed by atoms with Gasteiger partial charge in [0.1, 0.15) is 0 Å². The number of benzene rings is 1. The van der Waals surface area contributed by atoms with E-state index < -0.39 is 18.5 Å². The highest BCUT2D eigenvalue weighted by atomic mass is 35.5. The predicted molar refractivity (Wildman–Crippen MR) is 65.6 cm³/mol. The van der Waals surface area contributed by atoms with Crippen LogP contribution >= 0.6 is 23.2 Å². The van der Waals surface area contributed by atoms with E-state index >= 15 is 0 Å². The highest BCUT2D eigenvalue weighted by Crippen LogP contribution is 2.26. The zero-order chi connectivity index (χ0) is 12.8. The highest BCUT2D eigenvalue weighted by Gasteiger charge is 2.03. The molecule has 0 atom stereocenters. The van der Waals surface area contributed by atoms with Gasteiger partial charge in [0.05, 0.1) is 10.0 Å². The summed E-state index contributed by atoms with van der Waals surface area (Å²) in [5, 5.41) is 0.729. The molecule has 0 aliphatic heterocycles. The Hall–Kier alpha value is -1.52. The first-order valence-corrected chi connectivity index (χ1v) is 5.33. The van der Waals surface area contributed by atoms with Crippen molar-refractivity contribution >= 4 is 41.2 Å². The topological polar surface area (TPSA) is 69.4 Å². The van der Waals surface area contributed by atoms with Gasteiger partial charge in [0, 0.05) is 6.08 Å². The molecule has 1 rings (SSSR count). The van der Waals surface area contributed by atoms with Crippen LogP contribution in [0.25, 0.3) is 6.08 Å². The van der Waals surface area contributed by atoms with E-state index in [2.05, 4.69) is 4.74 Å². The van der Waals surface area contributed by atoms with E-state index in [1.54, 1.807) is 18.2 Å². The molecular formula is C11H9Cl2NO3. The summed E-state index contributed by atoms with van der Waals surface area (Å²) in [5.74, 6) is -1.40. The van der Waals surface area contributed by atoms with E-state index in [9.17, 15) is 9.59 Å². The SMILES string of the molecule is NC(=O)COC(=O)C=Cc1cccc(Cl)c1Cl. The average molecular weight is 274 g/mol. The number of hydrogen-bond acceptors (Lipinski definition) is 3. The van der Waals surface area contributed by atoms with Crippen LogP contribution in [0.4, 0.5) is 0 Å². The van der Waals surface area contributed by atoms with Gasteiger partial charge in [-0.15, -0.1) is 0 Å². The molecule has 0 fully saturated rings. The summed E-state index contributed by atoms with van der Waals surface area (Å²) in [7, 11) is 0. The number of hydrogen-bond donors (Lipinski definition) is 1. The number of ether oxygens (including phenoxy) is 1. The number of nitrogens with two attached hydrogens (primary N) is 1. The molecule has 1 aromatic rings. The second-order valence-electron chi connectivity index (χ2n) is 3.05. The molecule has 0 heterocycles. The van der Waals surface area contributed by atoms with Crippen molar-refractivity contribution in [2.45, 2.75) is 0 Å². The van der Waals surface area contributed by atoms with E-state index in [4.69, 9.17) is 28.9 Å². The highest BCUT2D eigenvalue weighted by molar-refractivity contribution is 6.42. The van der Waals surface area contributed by atoms with Crippen LogP contribution in [0.15, 0.2) is 24.3 Å². The van der Waals surface area contributed by atoms with Gasteiger partial charge in [-0.2, -0.15) is 0 Å². The molecule has 0 bridgehead atoms. The first-order chi connectivity index (χ1) is 8.00. The lowest BCUT2D eigenvalue weighted by Gasteiger charge is -2.00. The standard InChI is InChI=1S/C11H9Cl2NO3/c12-8-3-1-2-7(11(8)13)4-5-10(16)17-6-9(14)15/h1-5H,6H2,(H2,14,15). The van der Waals surface area contributed by atoms with Gasteiger partial charge in [0.2, 0.25) is 0 Å². The van der Waals surface area contributed by atoms with Crippen molar-refractivity contribution in [2.24, 2.45) is 5.73 Å². The Morgan fingerprint density at radius 2 is 2.06 bits per heavy atom. The number of halogens is 2. The monoisotopic (exact) mass is 273 g/mol. The van der Waals surface area contributed by atoms with E-state index in [1.165, 1.54) is 6.08 Å². The first-order valence-electron chi connectivity index (χ1n) is 4.58. The molecule has 0 aromatic heterocycles. The number of carbonyl (C=O) groups is 2. The molecule has 0 saturated heterocycles. The molecule has 0 radical (unpaired) electrons. The second kappa shape index (κ2) is 6.27. The Balaban J connectivity index is 2.67. The maximum Gasteiger partial charge on any atom is 0.331 e. The molecule has 2 N–H and O–H groups in total. The number of primary amides is 1. The molecule has 0 aliphatic rings. The maximum absolute atomic E-state index is 11.1. The third-order valence-electron chi connectivity index (χ3n) is 1.74. The number of carbonyl (C=O) groups excluding carboxylic acids is 2. The van der Waals surface area contributed by atoms with E-state index in [-0.39, 0.29) is 0 Å². The van der Waals surface area contributed by atoms with Crippen LogP contribution in [0.2, 0.25) is 10.0 Å². The molecule has 6 heteroatoms.